The predicted molar refractivity (Wildman–Crippen MR) is 68.4 cm³/mol. The van der Waals surface area contributed by atoms with Crippen molar-refractivity contribution in [1.82, 2.24) is 10.3 Å². The molecular weight excluding hydrogens is 232 g/mol. The van der Waals surface area contributed by atoms with Gasteiger partial charge in [-0.05, 0) is 24.8 Å². The van der Waals surface area contributed by atoms with E-state index in [0.29, 0.717) is 12.0 Å². The van der Waals surface area contributed by atoms with Crippen molar-refractivity contribution in [3.63, 3.8) is 0 Å². The second-order valence-corrected chi connectivity index (χ2v) is 4.93. The second kappa shape index (κ2) is 6.23. The van der Waals surface area contributed by atoms with Crippen molar-refractivity contribution >= 4 is 11.9 Å². The second-order valence-electron chi connectivity index (χ2n) is 4.93. The lowest BCUT2D eigenvalue weighted by molar-refractivity contribution is -0.142. The van der Waals surface area contributed by atoms with Crippen LogP contribution in [0.15, 0.2) is 12.4 Å². The van der Waals surface area contributed by atoms with Gasteiger partial charge in [0.25, 0.3) is 5.91 Å². The van der Waals surface area contributed by atoms with Gasteiger partial charge in [-0.2, -0.15) is 0 Å². The highest BCUT2D eigenvalue weighted by molar-refractivity contribution is 5.95. The van der Waals surface area contributed by atoms with E-state index in [0.717, 1.165) is 5.56 Å². The monoisotopic (exact) mass is 252 g/mol. The predicted octanol–water partition coefficient (Wildman–Crippen LogP) is 1.80. The molecule has 1 unspecified atom stereocenters. The van der Waals surface area contributed by atoms with Gasteiger partial charge in [-0.25, -0.2) is 0 Å². The Balaban J connectivity index is 2.55. The van der Waals surface area contributed by atoms with Crippen LogP contribution in [0.25, 0.3) is 0 Å². The smallest absolute Gasteiger partial charge is 0.308 e. The summed E-state index contributed by atoms with van der Waals surface area (Å²) in [5.41, 5.74) is 1.41. The number of amides is 1. The van der Waals surface area contributed by atoms with Crippen LogP contribution in [0.1, 0.15) is 36.2 Å². The Hall–Kier alpha value is -1.78. The number of carboxylic acids is 1. The quantitative estimate of drug-likeness (QED) is 0.722. The summed E-state index contributed by atoms with van der Waals surface area (Å²) >= 11 is 0. The first-order valence-electron chi connectivity index (χ1n) is 6.06. The number of hydrogen-bond donors (Lipinski definition) is 3. The fraction of sp³-hybridized carbons (Fsp3) is 0.538. The third-order valence-corrected chi connectivity index (χ3v) is 2.81. The molecule has 0 spiro atoms. The van der Waals surface area contributed by atoms with Crippen LogP contribution >= 0.6 is 0 Å². The fourth-order valence-corrected chi connectivity index (χ4v) is 1.84. The minimum atomic E-state index is -0.866. The number of hydrogen-bond acceptors (Lipinski definition) is 2. The van der Waals surface area contributed by atoms with Crippen molar-refractivity contribution in [2.24, 2.45) is 11.8 Å². The molecule has 1 atom stereocenters. The van der Waals surface area contributed by atoms with Crippen molar-refractivity contribution in [2.45, 2.75) is 27.2 Å². The van der Waals surface area contributed by atoms with Crippen molar-refractivity contribution in [1.29, 1.82) is 0 Å². The summed E-state index contributed by atoms with van der Waals surface area (Å²) in [5, 5.41) is 11.7. The van der Waals surface area contributed by atoms with Gasteiger partial charge in [0.2, 0.25) is 0 Å². The molecule has 0 aliphatic carbocycles. The van der Waals surface area contributed by atoms with E-state index in [2.05, 4.69) is 10.3 Å². The minimum Gasteiger partial charge on any atom is -0.481 e. The van der Waals surface area contributed by atoms with Crippen LogP contribution in [-0.2, 0) is 4.79 Å². The Morgan fingerprint density at radius 3 is 2.50 bits per heavy atom. The summed E-state index contributed by atoms with van der Waals surface area (Å²) in [4.78, 5) is 25.7. The maximum atomic E-state index is 11.8. The molecular formula is C13H20N2O3. The summed E-state index contributed by atoms with van der Waals surface area (Å²) in [6.45, 7) is 5.92. The molecule has 0 aliphatic heterocycles. The molecule has 3 N–H and O–H groups in total. The van der Waals surface area contributed by atoms with Crippen molar-refractivity contribution in [3.05, 3.63) is 23.5 Å². The highest BCUT2D eigenvalue weighted by atomic mass is 16.4. The number of aliphatic carboxylic acids is 1. The number of carbonyl (C=O) groups is 2. The molecule has 0 bridgehead atoms. The highest BCUT2D eigenvalue weighted by Gasteiger charge is 2.20. The zero-order valence-corrected chi connectivity index (χ0v) is 11.0. The minimum absolute atomic E-state index is 0.164. The lowest BCUT2D eigenvalue weighted by Crippen LogP contribution is -2.33. The lowest BCUT2D eigenvalue weighted by Gasteiger charge is -2.15. The molecule has 1 aromatic heterocycles. The number of H-pyrrole nitrogens is 1. The van der Waals surface area contributed by atoms with E-state index in [1.807, 2.05) is 20.8 Å². The van der Waals surface area contributed by atoms with E-state index in [-0.39, 0.29) is 18.4 Å². The van der Waals surface area contributed by atoms with Crippen molar-refractivity contribution in [2.75, 3.05) is 6.54 Å². The number of carboxylic acid groups (broad SMARTS) is 1. The van der Waals surface area contributed by atoms with Crippen LogP contribution < -0.4 is 5.32 Å². The molecule has 0 aromatic carbocycles. The topological polar surface area (TPSA) is 82.2 Å². The van der Waals surface area contributed by atoms with Crippen molar-refractivity contribution in [3.8, 4) is 0 Å². The zero-order valence-electron chi connectivity index (χ0n) is 11.0. The number of aryl methyl sites for hydroxylation is 1. The summed E-state index contributed by atoms with van der Waals surface area (Å²) < 4.78 is 0. The maximum absolute atomic E-state index is 11.8. The zero-order chi connectivity index (χ0) is 13.7. The Morgan fingerprint density at radius 1 is 1.39 bits per heavy atom. The third kappa shape index (κ3) is 3.91. The van der Waals surface area contributed by atoms with Crippen LogP contribution in [0.5, 0.6) is 0 Å². The van der Waals surface area contributed by atoms with E-state index in [9.17, 15) is 9.59 Å². The Kier molecular flexibility index (Phi) is 4.95. The molecule has 5 nitrogen and oxygen atoms in total. The van der Waals surface area contributed by atoms with Gasteiger partial charge in [-0.15, -0.1) is 0 Å². The average Bonchev–Trinajstić information content (AvgIpc) is 2.69. The molecule has 100 valence electrons. The van der Waals surface area contributed by atoms with E-state index in [1.165, 1.54) is 0 Å². The van der Waals surface area contributed by atoms with E-state index >= 15 is 0 Å². The number of rotatable bonds is 6. The number of aromatic nitrogens is 1. The normalized spacial score (nSPS) is 12.4. The Morgan fingerprint density at radius 2 is 2.06 bits per heavy atom. The molecule has 0 fully saturated rings. The summed E-state index contributed by atoms with van der Waals surface area (Å²) in [5.74, 6) is -1.34. The first kappa shape index (κ1) is 14.3. The van der Waals surface area contributed by atoms with Crippen LogP contribution in [0.4, 0.5) is 0 Å². The van der Waals surface area contributed by atoms with Gasteiger partial charge >= 0.3 is 5.97 Å². The van der Waals surface area contributed by atoms with Gasteiger partial charge in [0, 0.05) is 18.9 Å². The van der Waals surface area contributed by atoms with Gasteiger partial charge < -0.3 is 15.4 Å². The maximum Gasteiger partial charge on any atom is 0.308 e. The average molecular weight is 252 g/mol. The summed E-state index contributed by atoms with van der Waals surface area (Å²) in [7, 11) is 0. The largest absolute Gasteiger partial charge is 0.481 e. The number of aromatic amines is 1. The SMILES string of the molecule is Cc1c[nH]cc1C(=O)NCC(CC(C)C)C(=O)O. The molecule has 1 heterocycles. The molecule has 5 heteroatoms. The van der Waals surface area contributed by atoms with Gasteiger partial charge in [0.05, 0.1) is 11.5 Å². The molecule has 1 aromatic rings. The van der Waals surface area contributed by atoms with Gasteiger partial charge in [0.15, 0.2) is 0 Å². The van der Waals surface area contributed by atoms with E-state index in [1.54, 1.807) is 12.4 Å². The Labute approximate surface area is 107 Å². The standard InChI is InChI=1S/C13H20N2O3/c1-8(2)4-10(13(17)18)6-15-12(16)11-7-14-5-9(11)3/h5,7-8,10,14H,4,6H2,1-3H3,(H,15,16)(H,17,18). The molecule has 0 radical (unpaired) electrons. The third-order valence-electron chi connectivity index (χ3n) is 2.81. The van der Waals surface area contributed by atoms with Crippen LogP contribution in [0.2, 0.25) is 0 Å². The molecule has 0 saturated heterocycles. The molecule has 18 heavy (non-hydrogen) atoms. The summed E-state index contributed by atoms with van der Waals surface area (Å²) in [6.07, 6.45) is 3.91. The van der Waals surface area contributed by atoms with Crippen LogP contribution in [0, 0.1) is 18.8 Å². The van der Waals surface area contributed by atoms with Gasteiger partial charge in [-0.3, -0.25) is 9.59 Å². The number of nitrogens with one attached hydrogen (secondary N) is 2. The summed E-state index contributed by atoms with van der Waals surface area (Å²) in [6, 6.07) is 0. The first-order chi connectivity index (χ1) is 8.41. The Bertz CT molecular complexity index is 424. The lowest BCUT2D eigenvalue weighted by atomic mass is 9.97. The van der Waals surface area contributed by atoms with Gasteiger partial charge in [0.1, 0.15) is 0 Å². The highest BCUT2D eigenvalue weighted by Crippen LogP contribution is 2.12. The number of carbonyl (C=O) groups excluding carboxylic acids is 1. The van der Waals surface area contributed by atoms with Crippen LogP contribution in [0.3, 0.4) is 0 Å². The molecule has 0 saturated carbocycles. The molecule has 1 amide bonds. The van der Waals surface area contributed by atoms with Crippen molar-refractivity contribution < 1.29 is 14.7 Å². The molecule has 0 aliphatic rings. The van der Waals surface area contributed by atoms with E-state index < -0.39 is 11.9 Å². The van der Waals surface area contributed by atoms with E-state index in [4.69, 9.17) is 5.11 Å². The van der Waals surface area contributed by atoms with Gasteiger partial charge in [-0.1, -0.05) is 13.8 Å². The molecule has 1 rings (SSSR count). The fourth-order valence-electron chi connectivity index (χ4n) is 1.84. The first-order valence-corrected chi connectivity index (χ1v) is 6.06. The van der Waals surface area contributed by atoms with Crippen LogP contribution in [-0.4, -0.2) is 28.5 Å².